The van der Waals surface area contributed by atoms with Crippen molar-refractivity contribution in [3.05, 3.63) is 59.2 Å². The molecule has 1 heterocycles. The molecule has 1 aliphatic rings. The molecule has 2 aromatic rings. The number of halogens is 2. The molecule has 0 aromatic heterocycles. The third kappa shape index (κ3) is 2.69. The molecule has 0 saturated carbocycles. The highest BCUT2D eigenvalue weighted by atomic mass is 19.1. The SMILES string of the molecule is OCc1cc(F)c(OCC2COc3ccccc32)c(F)c1. The standard InChI is InChI=1S/C16H14F2O3/c17-13-5-10(7-19)6-14(18)16(13)21-9-11-8-20-15-4-2-1-3-12(11)15/h1-6,11,19H,7-9H2. The van der Waals surface area contributed by atoms with Gasteiger partial charge in [-0.3, -0.25) is 0 Å². The van der Waals surface area contributed by atoms with E-state index in [-0.39, 0.29) is 18.1 Å². The average Bonchev–Trinajstić information content (AvgIpc) is 2.89. The molecule has 1 atom stereocenters. The van der Waals surface area contributed by atoms with Gasteiger partial charge in [0.15, 0.2) is 17.4 Å². The monoisotopic (exact) mass is 292 g/mol. The number of hydrogen-bond donors (Lipinski definition) is 1. The van der Waals surface area contributed by atoms with Gasteiger partial charge in [0.05, 0.1) is 25.7 Å². The Morgan fingerprint density at radius 1 is 1.19 bits per heavy atom. The van der Waals surface area contributed by atoms with Crippen molar-refractivity contribution in [1.29, 1.82) is 0 Å². The van der Waals surface area contributed by atoms with Crippen LogP contribution in [0.15, 0.2) is 36.4 Å². The maximum absolute atomic E-state index is 13.8. The number of para-hydroxylation sites is 1. The second kappa shape index (κ2) is 5.69. The topological polar surface area (TPSA) is 38.7 Å². The van der Waals surface area contributed by atoms with Gasteiger partial charge in [-0.1, -0.05) is 18.2 Å². The molecule has 0 saturated heterocycles. The van der Waals surface area contributed by atoms with Crippen molar-refractivity contribution in [3.8, 4) is 11.5 Å². The molecule has 2 aromatic carbocycles. The van der Waals surface area contributed by atoms with Crippen molar-refractivity contribution >= 4 is 0 Å². The minimum Gasteiger partial charge on any atom is -0.493 e. The Kier molecular flexibility index (Phi) is 3.75. The summed E-state index contributed by atoms with van der Waals surface area (Å²) in [4.78, 5) is 0. The molecule has 1 aliphatic heterocycles. The second-order valence-corrected chi connectivity index (χ2v) is 4.90. The molecule has 110 valence electrons. The van der Waals surface area contributed by atoms with E-state index in [4.69, 9.17) is 14.6 Å². The summed E-state index contributed by atoms with van der Waals surface area (Å²) in [6.45, 7) is 0.137. The molecule has 0 aliphatic carbocycles. The van der Waals surface area contributed by atoms with E-state index < -0.39 is 24.0 Å². The summed E-state index contributed by atoms with van der Waals surface area (Å²) in [5.41, 5.74) is 1.15. The van der Waals surface area contributed by atoms with Crippen molar-refractivity contribution < 1.29 is 23.4 Å². The van der Waals surface area contributed by atoms with Crippen LogP contribution < -0.4 is 9.47 Å². The Morgan fingerprint density at radius 2 is 1.90 bits per heavy atom. The first kappa shape index (κ1) is 13.8. The van der Waals surface area contributed by atoms with Gasteiger partial charge in [0.2, 0.25) is 0 Å². The number of ether oxygens (including phenoxy) is 2. The van der Waals surface area contributed by atoms with Crippen LogP contribution in [0.3, 0.4) is 0 Å². The van der Waals surface area contributed by atoms with E-state index in [1.165, 1.54) is 0 Å². The maximum atomic E-state index is 13.8. The molecule has 5 heteroatoms. The van der Waals surface area contributed by atoms with Gasteiger partial charge in [-0.25, -0.2) is 8.78 Å². The summed E-state index contributed by atoms with van der Waals surface area (Å²) >= 11 is 0. The lowest BCUT2D eigenvalue weighted by molar-refractivity contribution is 0.231. The van der Waals surface area contributed by atoms with Crippen molar-refractivity contribution in [1.82, 2.24) is 0 Å². The number of hydrogen-bond acceptors (Lipinski definition) is 3. The van der Waals surface area contributed by atoms with E-state index >= 15 is 0 Å². The first-order chi connectivity index (χ1) is 10.2. The average molecular weight is 292 g/mol. The van der Waals surface area contributed by atoms with Gasteiger partial charge in [0, 0.05) is 5.56 Å². The Morgan fingerprint density at radius 3 is 2.62 bits per heavy atom. The van der Waals surface area contributed by atoms with E-state index in [2.05, 4.69) is 0 Å². The lowest BCUT2D eigenvalue weighted by atomic mass is 10.0. The molecule has 0 radical (unpaired) electrons. The summed E-state index contributed by atoms with van der Waals surface area (Å²) in [7, 11) is 0. The number of aliphatic hydroxyl groups is 1. The lowest BCUT2D eigenvalue weighted by Gasteiger charge is -2.13. The molecule has 0 amide bonds. The van der Waals surface area contributed by atoms with Crippen LogP contribution in [0.1, 0.15) is 17.0 Å². The second-order valence-electron chi connectivity index (χ2n) is 4.90. The highest BCUT2D eigenvalue weighted by Crippen LogP contribution is 2.34. The van der Waals surface area contributed by atoms with Crippen LogP contribution in [0, 0.1) is 11.6 Å². The smallest absolute Gasteiger partial charge is 0.190 e. The maximum Gasteiger partial charge on any atom is 0.190 e. The van der Waals surface area contributed by atoms with Crippen LogP contribution in [0.2, 0.25) is 0 Å². The number of rotatable bonds is 4. The summed E-state index contributed by atoms with van der Waals surface area (Å²) in [6, 6.07) is 9.66. The van der Waals surface area contributed by atoms with E-state index in [0.29, 0.717) is 6.61 Å². The minimum atomic E-state index is -0.814. The fourth-order valence-corrected chi connectivity index (χ4v) is 2.39. The Labute approximate surface area is 120 Å². The molecule has 0 fully saturated rings. The third-order valence-electron chi connectivity index (χ3n) is 3.47. The Balaban J connectivity index is 1.75. The predicted molar refractivity (Wildman–Crippen MR) is 72.5 cm³/mol. The first-order valence-electron chi connectivity index (χ1n) is 6.62. The van der Waals surface area contributed by atoms with Crippen molar-refractivity contribution in [3.63, 3.8) is 0 Å². The zero-order valence-corrected chi connectivity index (χ0v) is 11.2. The van der Waals surface area contributed by atoms with E-state index in [1.54, 1.807) is 0 Å². The Bertz CT molecular complexity index is 635. The molecule has 0 spiro atoms. The van der Waals surface area contributed by atoms with Crippen LogP contribution in [0.5, 0.6) is 11.5 Å². The summed E-state index contributed by atoms with van der Waals surface area (Å²) in [5, 5.41) is 8.90. The van der Waals surface area contributed by atoms with Crippen molar-refractivity contribution in [2.24, 2.45) is 0 Å². The highest BCUT2D eigenvalue weighted by molar-refractivity contribution is 5.40. The van der Waals surface area contributed by atoms with Gasteiger partial charge < -0.3 is 14.6 Å². The fourth-order valence-electron chi connectivity index (χ4n) is 2.39. The highest BCUT2D eigenvalue weighted by Gasteiger charge is 2.25. The summed E-state index contributed by atoms with van der Waals surface area (Å²) in [6.07, 6.45) is 0. The molecular formula is C16H14F2O3. The van der Waals surface area contributed by atoms with E-state index in [0.717, 1.165) is 23.4 Å². The predicted octanol–water partition coefficient (Wildman–Crippen LogP) is 3.01. The van der Waals surface area contributed by atoms with E-state index in [9.17, 15) is 8.78 Å². The quantitative estimate of drug-likeness (QED) is 0.941. The number of fused-ring (bicyclic) bond motifs is 1. The first-order valence-corrected chi connectivity index (χ1v) is 6.62. The normalized spacial score (nSPS) is 16.4. The van der Waals surface area contributed by atoms with Gasteiger partial charge in [0.25, 0.3) is 0 Å². The van der Waals surface area contributed by atoms with Crippen molar-refractivity contribution in [2.45, 2.75) is 12.5 Å². The fraction of sp³-hybridized carbons (Fsp3) is 0.250. The van der Waals surface area contributed by atoms with E-state index in [1.807, 2.05) is 24.3 Å². The van der Waals surface area contributed by atoms with Gasteiger partial charge in [-0.15, -0.1) is 0 Å². The van der Waals surface area contributed by atoms with Gasteiger partial charge in [-0.05, 0) is 23.8 Å². The van der Waals surface area contributed by atoms with Crippen LogP contribution in [0.25, 0.3) is 0 Å². The van der Waals surface area contributed by atoms with Crippen LogP contribution in [-0.4, -0.2) is 18.3 Å². The number of benzene rings is 2. The van der Waals surface area contributed by atoms with Gasteiger partial charge in [-0.2, -0.15) is 0 Å². The molecule has 0 bridgehead atoms. The lowest BCUT2D eigenvalue weighted by Crippen LogP contribution is -2.13. The zero-order valence-electron chi connectivity index (χ0n) is 11.2. The zero-order chi connectivity index (χ0) is 14.8. The number of aliphatic hydroxyl groups excluding tert-OH is 1. The van der Waals surface area contributed by atoms with Crippen molar-refractivity contribution in [2.75, 3.05) is 13.2 Å². The van der Waals surface area contributed by atoms with Gasteiger partial charge >= 0.3 is 0 Å². The van der Waals surface area contributed by atoms with Crippen LogP contribution in [0.4, 0.5) is 8.78 Å². The molecule has 21 heavy (non-hydrogen) atoms. The minimum absolute atomic E-state index is 0.0579. The summed E-state index contributed by atoms with van der Waals surface area (Å²) in [5.74, 6) is -1.32. The molecule has 1 N–H and O–H groups in total. The molecular weight excluding hydrogens is 278 g/mol. The van der Waals surface area contributed by atoms with Crippen LogP contribution >= 0.6 is 0 Å². The largest absolute Gasteiger partial charge is 0.493 e. The molecule has 3 nitrogen and oxygen atoms in total. The van der Waals surface area contributed by atoms with Crippen LogP contribution in [-0.2, 0) is 6.61 Å². The van der Waals surface area contributed by atoms with Gasteiger partial charge in [0.1, 0.15) is 5.75 Å². The Hall–Kier alpha value is -2.14. The summed E-state index contributed by atoms with van der Waals surface area (Å²) < 4.78 is 38.3. The third-order valence-corrected chi connectivity index (χ3v) is 3.47. The molecule has 3 rings (SSSR count). The molecule has 1 unspecified atom stereocenters.